The topological polar surface area (TPSA) is 76.4 Å². The second kappa shape index (κ2) is 8.31. The highest BCUT2D eigenvalue weighted by molar-refractivity contribution is 5.94. The van der Waals surface area contributed by atoms with Gasteiger partial charge in [0.25, 0.3) is 0 Å². The van der Waals surface area contributed by atoms with Crippen LogP contribution in [0.1, 0.15) is 25.8 Å². The molecule has 1 unspecified atom stereocenters. The lowest BCUT2D eigenvalue weighted by atomic mass is 10.2. The average molecular weight is 275 g/mol. The lowest BCUT2D eigenvalue weighted by Crippen LogP contribution is -2.42. The van der Waals surface area contributed by atoms with Gasteiger partial charge in [0, 0.05) is 18.8 Å². The number of nitrogens with one attached hydrogen (secondary N) is 1. The van der Waals surface area contributed by atoms with Crippen LogP contribution < -0.4 is 5.32 Å². The van der Waals surface area contributed by atoms with Crippen LogP contribution in [0, 0.1) is 11.3 Å². The summed E-state index contributed by atoms with van der Waals surface area (Å²) in [5.41, 5.74) is 1.14. The fraction of sp³-hybridized carbons (Fsp3) is 0.467. The predicted molar refractivity (Wildman–Crippen MR) is 78.2 cm³/mol. The SMILES string of the molecule is CCN(CCCO)C(C)C(=O)Nc1cccc(C#N)c1. The average Bonchev–Trinajstić information content (AvgIpc) is 2.47. The normalized spacial score (nSPS) is 11.9. The minimum atomic E-state index is -0.280. The zero-order valence-corrected chi connectivity index (χ0v) is 12.0. The Morgan fingerprint density at radius 2 is 2.30 bits per heavy atom. The van der Waals surface area contributed by atoms with E-state index in [-0.39, 0.29) is 18.6 Å². The molecular formula is C15H21N3O2. The number of aliphatic hydroxyl groups is 1. The van der Waals surface area contributed by atoms with Crippen molar-refractivity contribution in [3.8, 4) is 6.07 Å². The summed E-state index contributed by atoms with van der Waals surface area (Å²) in [6, 6.07) is 8.60. The molecule has 0 heterocycles. The van der Waals surface area contributed by atoms with Crippen molar-refractivity contribution in [3.05, 3.63) is 29.8 Å². The third-order valence-corrected chi connectivity index (χ3v) is 3.20. The Morgan fingerprint density at radius 3 is 2.90 bits per heavy atom. The Morgan fingerprint density at radius 1 is 1.55 bits per heavy atom. The molecule has 1 atom stereocenters. The Hall–Kier alpha value is -1.90. The molecule has 0 saturated heterocycles. The molecule has 1 aromatic rings. The molecule has 0 radical (unpaired) electrons. The summed E-state index contributed by atoms with van der Waals surface area (Å²) in [7, 11) is 0. The van der Waals surface area contributed by atoms with Gasteiger partial charge in [-0.15, -0.1) is 0 Å². The van der Waals surface area contributed by atoms with Crippen molar-refractivity contribution in [3.63, 3.8) is 0 Å². The molecule has 1 aromatic carbocycles. The third-order valence-electron chi connectivity index (χ3n) is 3.20. The molecule has 108 valence electrons. The zero-order chi connectivity index (χ0) is 15.0. The highest BCUT2D eigenvalue weighted by Crippen LogP contribution is 2.11. The van der Waals surface area contributed by atoms with E-state index in [1.54, 1.807) is 24.3 Å². The molecule has 5 nitrogen and oxygen atoms in total. The van der Waals surface area contributed by atoms with Crippen LogP contribution in [0.4, 0.5) is 5.69 Å². The number of rotatable bonds is 7. The monoisotopic (exact) mass is 275 g/mol. The van der Waals surface area contributed by atoms with E-state index >= 15 is 0 Å². The van der Waals surface area contributed by atoms with Gasteiger partial charge in [0.1, 0.15) is 0 Å². The van der Waals surface area contributed by atoms with Crippen molar-refractivity contribution >= 4 is 11.6 Å². The Bertz CT molecular complexity index is 482. The van der Waals surface area contributed by atoms with Crippen molar-refractivity contribution in [2.45, 2.75) is 26.3 Å². The lowest BCUT2D eigenvalue weighted by Gasteiger charge is -2.26. The van der Waals surface area contributed by atoms with Gasteiger partial charge in [0.15, 0.2) is 0 Å². The third kappa shape index (κ3) is 4.65. The number of carbonyl (C=O) groups excluding carboxylic acids is 1. The standard InChI is InChI=1S/C15H21N3O2/c1-3-18(8-5-9-19)12(2)15(20)17-14-7-4-6-13(10-14)11-16/h4,6-7,10,12,19H,3,5,8-9H2,1-2H3,(H,17,20). The summed E-state index contributed by atoms with van der Waals surface area (Å²) in [5.74, 6) is -0.111. The van der Waals surface area contributed by atoms with E-state index in [2.05, 4.69) is 5.32 Å². The van der Waals surface area contributed by atoms with Crippen LogP contribution in [0.2, 0.25) is 0 Å². The van der Waals surface area contributed by atoms with Crippen molar-refractivity contribution in [1.82, 2.24) is 4.90 Å². The summed E-state index contributed by atoms with van der Waals surface area (Å²) >= 11 is 0. The molecule has 0 saturated carbocycles. The van der Waals surface area contributed by atoms with Crippen LogP contribution in [-0.2, 0) is 4.79 Å². The summed E-state index contributed by atoms with van der Waals surface area (Å²) in [6.45, 7) is 5.36. The van der Waals surface area contributed by atoms with Crippen LogP contribution in [0.25, 0.3) is 0 Å². The van der Waals surface area contributed by atoms with Crippen molar-refractivity contribution in [2.24, 2.45) is 0 Å². The van der Waals surface area contributed by atoms with Crippen LogP contribution >= 0.6 is 0 Å². The second-order valence-electron chi connectivity index (χ2n) is 4.56. The molecule has 1 rings (SSSR count). The predicted octanol–water partition coefficient (Wildman–Crippen LogP) is 1.59. The molecule has 0 aliphatic heterocycles. The number of aliphatic hydroxyl groups excluding tert-OH is 1. The summed E-state index contributed by atoms with van der Waals surface area (Å²) in [5, 5.41) is 20.5. The number of likely N-dealkylation sites (N-methyl/N-ethyl adjacent to an activating group) is 1. The number of nitrogens with zero attached hydrogens (tertiary/aromatic N) is 2. The van der Waals surface area contributed by atoms with Crippen LogP contribution in [0.15, 0.2) is 24.3 Å². The molecular weight excluding hydrogens is 254 g/mol. The van der Waals surface area contributed by atoms with Gasteiger partial charge in [-0.1, -0.05) is 13.0 Å². The largest absolute Gasteiger partial charge is 0.396 e. The quantitative estimate of drug-likeness (QED) is 0.792. The molecule has 20 heavy (non-hydrogen) atoms. The maximum absolute atomic E-state index is 12.2. The zero-order valence-electron chi connectivity index (χ0n) is 12.0. The van der Waals surface area contributed by atoms with Crippen molar-refractivity contribution in [2.75, 3.05) is 25.0 Å². The van der Waals surface area contributed by atoms with Crippen LogP contribution in [-0.4, -0.2) is 41.7 Å². The Labute approximate surface area is 119 Å². The number of benzene rings is 1. The van der Waals surface area contributed by atoms with Gasteiger partial charge in [-0.3, -0.25) is 9.69 Å². The fourth-order valence-electron chi connectivity index (χ4n) is 1.98. The van der Waals surface area contributed by atoms with Gasteiger partial charge in [-0.05, 0) is 38.1 Å². The van der Waals surface area contributed by atoms with Gasteiger partial charge >= 0.3 is 0 Å². The Kier molecular flexibility index (Phi) is 6.71. The number of anilines is 1. The molecule has 0 aliphatic rings. The first-order chi connectivity index (χ1) is 9.62. The van der Waals surface area contributed by atoms with Crippen LogP contribution in [0.5, 0.6) is 0 Å². The Balaban J connectivity index is 2.66. The highest BCUT2D eigenvalue weighted by Gasteiger charge is 2.19. The first-order valence-electron chi connectivity index (χ1n) is 6.78. The smallest absolute Gasteiger partial charge is 0.241 e. The minimum Gasteiger partial charge on any atom is -0.396 e. The maximum atomic E-state index is 12.2. The van der Waals surface area contributed by atoms with E-state index in [1.807, 2.05) is 24.8 Å². The van der Waals surface area contributed by atoms with Gasteiger partial charge in [-0.2, -0.15) is 5.26 Å². The molecule has 0 aromatic heterocycles. The molecule has 0 spiro atoms. The summed E-state index contributed by atoms with van der Waals surface area (Å²) in [6.07, 6.45) is 0.648. The highest BCUT2D eigenvalue weighted by atomic mass is 16.3. The van der Waals surface area contributed by atoms with Gasteiger partial charge in [-0.25, -0.2) is 0 Å². The van der Waals surface area contributed by atoms with E-state index in [0.29, 0.717) is 24.2 Å². The molecule has 2 N–H and O–H groups in total. The van der Waals surface area contributed by atoms with Gasteiger partial charge in [0.2, 0.25) is 5.91 Å². The molecule has 5 heteroatoms. The van der Waals surface area contributed by atoms with Crippen molar-refractivity contribution < 1.29 is 9.90 Å². The fourth-order valence-corrected chi connectivity index (χ4v) is 1.98. The first-order valence-corrected chi connectivity index (χ1v) is 6.78. The molecule has 0 fully saturated rings. The van der Waals surface area contributed by atoms with Crippen LogP contribution in [0.3, 0.4) is 0 Å². The maximum Gasteiger partial charge on any atom is 0.241 e. The van der Waals surface area contributed by atoms with E-state index < -0.39 is 0 Å². The number of hydrogen-bond donors (Lipinski definition) is 2. The number of carbonyl (C=O) groups is 1. The molecule has 1 amide bonds. The number of hydrogen-bond acceptors (Lipinski definition) is 4. The molecule has 0 bridgehead atoms. The van der Waals surface area contributed by atoms with Crippen molar-refractivity contribution in [1.29, 1.82) is 5.26 Å². The van der Waals surface area contributed by atoms with E-state index in [4.69, 9.17) is 10.4 Å². The number of nitriles is 1. The number of amides is 1. The summed E-state index contributed by atoms with van der Waals surface area (Å²) in [4.78, 5) is 14.2. The first kappa shape index (κ1) is 16.2. The molecule has 0 aliphatic carbocycles. The van der Waals surface area contributed by atoms with Gasteiger partial charge in [0.05, 0.1) is 17.7 Å². The second-order valence-corrected chi connectivity index (χ2v) is 4.56. The lowest BCUT2D eigenvalue weighted by molar-refractivity contribution is -0.120. The van der Waals surface area contributed by atoms with E-state index in [9.17, 15) is 4.79 Å². The van der Waals surface area contributed by atoms with E-state index in [0.717, 1.165) is 6.54 Å². The minimum absolute atomic E-state index is 0.111. The van der Waals surface area contributed by atoms with E-state index in [1.165, 1.54) is 0 Å². The van der Waals surface area contributed by atoms with Gasteiger partial charge < -0.3 is 10.4 Å². The summed E-state index contributed by atoms with van der Waals surface area (Å²) < 4.78 is 0.